The van der Waals surface area contributed by atoms with Crippen molar-refractivity contribution >= 4 is 41.0 Å². The Labute approximate surface area is 204 Å². The van der Waals surface area contributed by atoms with Gasteiger partial charge in [-0.1, -0.05) is 0 Å². The highest BCUT2D eigenvalue weighted by atomic mass is 32.1. The zero-order valence-corrected chi connectivity index (χ0v) is 20.0. The Bertz CT molecular complexity index is 1200. The minimum atomic E-state index is -4.70. The fraction of sp³-hybridized carbons (Fsp3) is 0.391. The van der Waals surface area contributed by atoms with Gasteiger partial charge in [-0.05, 0) is 62.7 Å². The maximum Gasteiger partial charge on any atom is 0.418 e. The number of nitrogens with zero attached hydrogens (tertiary/aromatic N) is 3. The van der Waals surface area contributed by atoms with Crippen LogP contribution in [0.1, 0.15) is 36.5 Å². The SMILES string of the molecule is CN=CC1=C(C(F)(F)F)C=C(N2C(=O)C3(CCC3)N(c3ccc(C(=O)NC)c(F)c3)C2=S)C(C)N1. The number of amides is 2. The smallest absolute Gasteiger partial charge is 0.375 e. The lowest BCUT2D eigenvalue weighted by atomic mass is 9.75. The number of anilines is 1. The molecule has 1 saturated carbocycles. The van der Waals surface area contributed by atoms with E-state index in [1.807, 2.05) is 0 Å². The number of alkyl halides is 3. The summed E-state index contributed by atoms with van der Waals surface area (Å²) in [4.78, 5) is 31.8. The van der Waals surface area contributed by atoms with Gasteiger partial charge in [0.2, 0.25) is 0 Å². The van der Waals surface area contributed by atoms with E-state index in [4.69, 9.17) is 12.2 Å². The number of dihydropyridines is 1. The summed E-state index contributed by atoms with van der Waals surface area (Å²) >= 11 is 5.60. The molecule has 2 amide bonds. The van der Waals surface area contributed by atoms with Crippen LogP contribution in [0.3, 0.4) is 0 Å². The van der Waals surface area contributed by atoms with Gasteiger partial charge in [-0.15, -0.1) is 0 Å². The molecule has 1 aromatic rings. The molecule has 1 spiro atoms. The van der Waals surface area contributed by atoms with Gasteiger partial charge in [0.05, 0.1) is 28.6 Å². The number of carbonyl (C=O) groups is 2. The molecule has 0 radical (unpaired) electrons. The number of carbonyl (C=O) groups excluding carboxylic acids is 2. The zero-order chi connectivity index (χ0) is 25.7. The molecule has 1 unspecified atom stereocenters. The van der Waals surface area contributed by atoms with Crippen LogP contribution in [0.2, 0.25) is 0 Å². The third-order valence-electron chi connectivity index (χ3n) is 6.49. The normalized spacial score (nSPS) is 22.0. The average Bonchev–Trinajstić information content (AvgIpc) is 2.99. The molecule has 35 heavy (non-hydrogen) atoms. The summed E-state index contributed by atoms with van der Waals surface area (Å²) in [5, 5.41) is 5.06. The fourth-order valence-electron chi connectivity index (χ4n) is 4.63. The van der Waals surface area contributed by atoms with Crippen LogP contribution < -0.4 is 15.5 Å². The van der Waals surface area contributed by atoms with Crippen molar-refractivity contribution in [2.45, 2.75) is 43.9 Å². The third-order valence-corrected chi connectivity index (χ3v) is 6.86. The Morgan fingerprint density at radius 3 is 2.54 bits per heavy atom. The molecule has 2 aliphatic heterocycles. The Morgan fingerprint density at radius 2 is 2.03 bits per heavy atom. The second kappa shape index (κ2) is 8.74. The molecule has 2 fully saturated rings. The third kappa shape index (κ3) is 3.89. The van der Waals surface area contributed by atoms with E-state index in [0.717, 1.165) is 23.3 Å². The minimum Gasteiger partial charge on any atom is -0.375 e. The average molecular weight is 510 g/mol. The van der Waals surface area contributed by atoms with Gasteiger partial charge in [0, 0.05) is 26.0 Å². The van der Waals surface area contributed by atoms with Crippen LogP contribution >= 0.6 is 12.2 Å². The van der Waals surface area contributed by atoms with Gasteiger partial charge in [0.1, 0.15) is 11.4 Å². The summed E-state index contributed by atoms with van der Waals surface area (Å²) in [6.45, 7) is 1.62. The van der Waals surface area contributed by atoms with Crippen molar-refractivity contribution in [2.75, 3.05) is 19.0 Å². The first-order valence-electron chi connectivity index (χ1n) is 10.9. The first-order chi connectivity index (χ1) is 16.5. The number of rotatable bonds is 4. The molecule has 7 nitrogen and oxygen atoms in total. The predicted molar refractivity (Wildman–Crippen MR) is 126 cm³/mol. The summed E-state index contributed by atoms with van der Waals surface area (Å²) in [6, 6.07) is 3.18. The largest absolute Gasteiger partial charge is 0.418 e. The van der Waals surface area contributed by atoms with Crippen LogP contribution in [0.4, 0.5) is 23.2 Å². The van der Waals surface area contributed by atoms with E-state index in [0.29, 0.717) is 19.3 Å². The highest BCUT2D eigenvalue weighted by molar-refractivity contribution is 7.80. The molecule has 4 rings (SSSR count). The van der Waals surface area contributed by atoms with E-state index in [1.54, 1.807) is 6.92 Å². The lowest BCUT2D eigenvalue weighted by Crippen LogP contribution is -2.55. The fourth-order valence-corrected chi connectivity index (χ4v) is 5.10. The predicted octanol–water partition coefficient (Wildman–Crippen LogP) is 3.43. The number of aliphatic imine (C=N–C) groups is 1. The highest BCUT2D eigenvalue weighted by Gasteiger charge is 2.60. The Morgan fingerprint density at radius 1 is 1.34 bits per heavy atom. The molecule has 0 aromatic heterocycles. The summed E-state index contributed by atoms with van der Waals surface area (Å²) in [7, 11) is 2.73. The van der Waals surface area contributed by atoms with Crippen molar-refractivity contribution in [1.29, 1.82) is 0 Å². The van der Waals surface area contributed by atoms with E-state index >= 15 is 0 Å². The van der Waals surface area contributed by atoms with Crippen molar-refractivity contribution in [3.8, 4) is 0 Å². The molecule has 1 saturated heterocycles. The monoisotopic (exact) mass is 509 g/mol. The number of allylic oxidation sites excluding steroid dienone is 3. The van der Waals surface area contributed by atoms with Crippen molar-refractivity contribution < 1.29 is 27.2 Å². The minimum absolute atomic E-state index is 0.0387. The van der Waals surface area contributed by atoms with Crippen LogP contribution in [0.15, 0.2) is 46.2 Å². The summed E-state index contributed by atoms with van der Waals surface area (Å²) in [5.41, 5.74) is -2.20. The second-order valence-corrected chi connectivity index (χ2v) is 8.90. The maximum absolute atomic E-state index is 14.8. The number of hydrogen-bond donors (Lipinski definition) is 2. The molecule has 2 N–H and O–H groups in total. The molecule has 0 bridgehead atoms. The Kier molecular flexibility index (Phi) is 6.20. The van der Waals surface area contributed by atoms with E-state index in [-0.39, 0.29) is 27.8 Å². The van der Waals surface area contributed by atoms with Crippen LogP contribution in [0.5, 0.6) is 0 Å². The molecule has 1 atom stereocenters. The van der Waals surface area contributed by atoms with Crippen LogP contribution in [0.25, 0.3) is 0 Å². The summed E-state index contributed by atoms with van der Waals surface area (Å²) in [5.74, 6) is -1.87. The van der Waals surface area contributed by atoms with Crippen molar-refractivity contribution in [2.24, 2.45) is 4.99 Å². The van der Waals surface area contributed by atoms with E-state index < -0.39 is 41.0 Å². The van der Waals surface area contributed by atoms with Gasteiger partial charge in [-0.2, -0.15) is 13.2 Å². The highest BCUT2D eigenvalue weighted by Crippen LogP contribution is 2.48. The van der Waals surface area contributed by atoms with Gasteiger partial charge < -0.3 is 15.5 Å². The molecular weight excluding hydrogens is 486 g/mol. The van der Waals surface area contributed by atoms with Crippen LogP contribution in [-0.2, 0) is 4.79 Å². The van der Waals surface area contributed by atoms with E-state index in [9.17, 15) is 27.2 Å². The number of halogens is 4. The van der Waals surface area contributed by atoms with Gasteiger partial charge in [-0.3, -0.25) is 19.5 Å². The van der Waals surface area contributed by atoms with Gasteiger partial charge in [-0.25, -0.2) is 4.39 Å². The van der Waals surface area contributed by atoms with Crippen molar-refractivity contribution in [1.82, 2.24) is 15.5 Å². The molecule has 2 heterocycles. The molecule has 3 aliphatic rings. The molecule has 1 aliphatic carbocycles. The molecule has 186 valence electrons. The van der Waals surface area contributed by atoms with Crippen LogP contribution in [-0.4, -0.2) is 59.9 Å². The van der Waals surface area contributed by atoms with E-state index in [2.05, 4.69) is 15.6 Å². The van der Waals surface area contributed by atoms with Gasteiger partial charge in [0.15, 0.2) is 5.11 Å². The lowest BCUT2D eigenvalue weighted by molar-refractivity contribution is -0.132. The molecule has 12 heteroatoms. The molecule has 1 aromatic carbocycles. The second-order valence-electron chi connectivity index (χ2n) is 8.53. The van der Waals surface area contributed by atoms with Crippen LogP contribution in [0, 0.1) is 5.82 Å². The van der Waals surface area contributed by atoms with Gasteiger partial charge >= 0.3 is 6.18 Å². The lowest BCUT2D eigenvalue weighted by Gasteiger charge is -2.43. The van der Waals surface area contributed by atoms with E-state index in [1.165, 1.54) is 31.1 Å². The number of nitrogens with one attached hydrogen (secondary N) is 2. The topological polar surface area (TPSA) is 77.0 Å². The first-order valence-corrected chi connectivity index (χ1v) is 11.3. The van der Waals surface area contributed by atoms with Crippen molar-refractivity contribution in [3.05, 3.63) is 52.6 Å². The summed E-state index contributed by atoms with van der Waals surface area (Å²) in [6.07, 6.45) is -1.19. The number of benzene rings is 1. The van der Waals surface area contributed by atoms with Crippen molar-refractivity contribution in [3.63, 3.8) is 0 Å². The number of thiocarbonyl (C=S) groups is 1. The summed E-state index contributed by atoms with van der Waals surface area (Å²) < 4.78 is 56.2. The maximum atomic E-state index is 14.8. The van der Waals surface area contributed by atoms with Gasteiger partial charge in [0.25, 0.3) is 11.8 Å². The quantitative estimate of drug-likeness (QED) is 0.370. The first kappa shape index (κ1) is 24.8. The zero-order valence-electron chi connectivity index (χ0n) is 19.2. The molecular formula is C23H23F4N5O2S. The Balaban J connectivity index is 1.80. The Hall–Kier alpha value is -3.28. The standard InChI is InChI=1S/C23H23F4N5O2S/c1-12-18(10-15(23(25,26)27)17(30-12)11-28-2)31-20(34)22(7-4-8-22)32(21(31)35)13-5-6-14(16(24)9-13)19(33)29-3/h5-6,9-12,30H,4,7-8H2,1-3H3,(H,29,33). The number of hydrogen-bond acceptors (Lipinski definition) is 5.